The molecule has 0 amide bonds. The molecule has 7 heteroatoms. The van der Waals surface area contributed by atoms with Gasteiger partial charge in [0.1, 0.15) is 11.4 Å². The van der Waals surface area contributed by atoms with Crippen LogP contribution in [0.3, 0.4) is 0 Å². The van der Waals surface area contributed by atoms with Crippen molar-refractivity contribution in [2.24, 2.45) is 0 Å². The molecule has 2 rings (SSSR count). The highest BCUT2D eigenvalue weighted by Gasteiger charge is 2.05. The van der Waals surface area contributed by atoms with Gasteiger partial charge in [0.25, 0.3) is 0 Å². The summed E-state index contributed by atoms with van der Waals surface area (Å²) in [6.45, 7) is 0. The Balaban J connectivity index is 2.12. The minimum absolute atomic E-state index is 0.0844. The van der Waals surface area contributed by atoms with Crippen LogP contribution in [0.15, 0.2) is 49.2 Å². The van der Waals surface area contributed by atoms with E-state index >= 15 is 0 Å². The lowest BCUT2D eigenvalue weighted by Gasteiger charge is -2.07. The smallest absolute Gasteiger partial charge is 0.219 e. The molecule has 1 aromatic heterocycles. The molecule has 0 spiro atoms. The van der Waals surface area contributed by atoms with Gasteiger partial charge in [-0.2, -0.15) is 0 Å². The highest BCUT2D eigenvalue weighted by atomic mass is 79.9. The second-order valence-corrected chi connectivity index (χ2v) is 6.13. The number of halogens is 2. The molecule has 2 N–H and O–H groups in total. The highest BCUT2D eigenvalue weighted by molar-refractivity contribution is 9.10. The van der Waals surface area contributed by atoms with Gasteiger partial charge in [0, 0.05) is 17.3 Å². The molecule has 0 aliphatic heterocycles. The van der Waals surface area contributed by atoms with Gasteiger partial charge in [-0.25, -0.2) is 0 Å². The third kappa shape index (κ3) is 3.55. The third-order valence-electron chi connectivity index (χ3n) is 2.30. The molecule has 0 unspecified atom stereocenters. The molecule has 0 bridgehead atoms. The van der Waals surface area contributed by atoms with Gasteiger partial charge in [-0.3, -0.25) is 4.79 Å². The van der Waals surface area contributed by atoms with E-state index in [0.717, 1.165) is 15.1 Å². The Morgan fingerprint density at radius 2 is 2.05 bits per heavy atom. The molecule has 0 radical (unpaired) electrons. The molecule has 19 heavy (non-hydrogen) atoms. The van der Waals surface area contributed by atoms with Crippen molar-refractivity contribution in [2.75, 3.05) is 11.8 Å². The molecule has 0 aliphatic carbocycles. The van der Waals surface area contributed by atoms with Gasteiger partial charge in [0.05, 0.1) is 16.1 Å². The summed E-state index contributed by atoms with van der Waals surface area (Å²) in [6, 6.07) is 5.69. The van der Waals surface area contributed by atoms with Crippen LogP contribution in [0.5, 0.6) is 5.75 Å². The maximum atomic E-state index is 11.8. The largest absolute Gasteiger partial charge is 0.496 e. The maximum absolute atomic E-state index is 11.8. The van der Waals surface area contributed by atoms with Gasteiger partial charge in [0.2, 0.25) is 5.43 Å². The number of aromatic amines is 1. The molecule has 1 aromatic carbocycles. The first-order valence-corrected chi connectivity index (χ1v) is 7.65. The minimum atomic E-state index is -0.0844. The van der Waals surface area contributed by atoms with E-state index in [-0.39, 0.29) is 5.43 Å². The fraction of sp³-hybridized carbons (Fsp3) is 0.0833. The van der Waals surface area contributed by atoms with Gasteiger partial charge in [-0.15, -0.1) is 0 Å². The number of aromatic nitrogens is 1. The molecule has 0 atom stereocenters. The van der Waals surface area contributed by atoms with Gasteiger partial charge >= 0.3 is 0 Å². The zero-order valence-corrected chi connectivity index (χ0v) is 13.9. The van der Waals surface area contributed by atoms with Crippen LogP contribution in [0, 0.1) is 0 Å². The highest BCUT2D eigenvalue weighted by Crippen LogP contribution is 2.30. The Bertz CT molecular complexity index is 646. The van der Waals surface area contributed by atoms with Crippen molar-refractivity contribution in [3.8, 4) is 5.75 Å². The standard InChI is InChI=1S/C12H10Br2N2O2S/c1-18-11-3-2-7(4-8(11)13)19-16-10-6-15-5-9(14)12(10)17/h2-6,16H,1H3,(H,15,17). The minimum Gasteiger partial charge on any atom is -0.496 e. The number of hydrogen-bond donors (Lipinski definition) is 2. The second kappa shape index (κ2) is 6.49. The van der Waals surface area contributed by atoms with Crippen molar-refractivity contribution >= 4 is 49.5 Å². The first-order valence-electron chi connectivity index (χ1n) is 5.25. The lowest BCUT2D eigenvalue weighted by atomic mass is 10.3. The van der Waals surface area contributed by atoms with Gasteiger partial charge < -0.3 is 14.4 Å². The number of anilines is 1. The molecule has 0 fully saturated rings. The number of hydrogen-bond acceptors (Lipinski definition) is 4. The van der Waals surface area contributed by atoms with Crippen LogP contribution in [-0.2, 0) is 0 Å². The molecule has 2 aromatic rings. The van der Waals surface area contributed by atoms with Gasteiger partial charge in [-0.1, -0.05) is 0 Å². The number of pyridine rings is 1. The Hall–Kier alpha value is -0.920. The molecule has 4 nitrogen and oxygen atoms in total. The SMILES string of the molecule is COc1ccc(SNc2c[nH]cc(Br)c2=O)cc1Br. The summed E-state index contributed by atoms with van der Waals surface area (Å²) in [4.78, 5) is 15.6. The molecule has 0 saturated heterocycles. The first kappa shape index (κ1) is 14.5. The van der Waals surface area contributed by atoms with Crippen molar-refractivity contribution in [1.29, 1.82) is 0 Å². The summed E-state index contributed by atoms with van der Waals surface area (Å²) >= 11 is 7.96. The van der Waals surface area contributed by atoms with Crippen LogP contribution in [0.4, 0.5) is 5.69 Å². The van der Waals surface area contributed by atoms with Crippen LogP contribution in [-0.4, -0.2) is 12.1 Å². The molecule has 100 valence electrons. The van der Waals surface area contributed by atoms with Crippen molar-refractivity contribution in [3.63, 3.8) is 0 Å². The van der Waals surface area contributed by atoms with Crippen molar-refractivity contribution in [1.82, 2.24) is 4.98 Å². The van der Waals surface area contributed by atoms with Gasteiger partial charge in [0.15, 0.2) is 0 Å². The predicted octanol–water partition coefficient (Wildman–Crippen LogP) is 4.03. The first-order chi connectivity index (χ1) is 9.11. The fourth-order valence-electron chi connectivity index (χ4n) is 1.36. The van der Waals surface area contributed by atoms with E-state index in [9.17, 15) is 4.79 Å². The Kier molecular flexibility index (Phi) is 4.95. The monoisotopic (exact) mass is 404 g/mol. The molecule has 1 heterocycles. The quantitative estimate of drug-likeness (QED) is 0.754. The number of ether oxygens (including phenoxy) is 1. The Morgan fingerprint density at radius 3 is 2.74 bits per heavy atom. The van der Waals surface area contributed by atoms with Crippen LogP contribution < -0.4 is 14.9 Å². The second-order valence-electron chi connectivity index (χ2n) is 3.55. The van der Waals surface area contributed by atoms with E-state index in [4.69, 9.17) is 4.74 Å². The van der Waals surface area contributed by atoms with Crippen LogP contribution in [0.1, 0.15) is 0 Å². The number of H-pyrrole nitrogens is 1. The van der Waals surface area contributed by atoms with Crippen LogP contribution in [0.2, 0.25) is 0 Å². The van der Waals surface area contributed by atoms with E-state index in [1.807, 2.05) is 18.2 Å². The van der Waals surface area contributed by atoms with E-state index in [1.165, 1.54) is 11.9 Å². The van der Waals surface area contributed by atoms with Crippen molar-refractivity contribution < 1.29 is 4.74 Å². The molecular weight excluding hydrogens is 396 g/mol. The van der Waals surface area contributed by atoms with Crippen molar-refractivity contribution in [3.05, 3.63) is 49.8 Å². The zero-order valence-electron chi connectivity index (χ0n) is 9.87. The topological polar surface area (TPSA) is 54.1 Å². The number of nitrogens with one attached hydrogen (secondary N) is 2. The summed E-state index contributed by atoms with van der Waals surface area (Å²) in [5, 5.41) is 0. The number of benzene rings is 1. The number of rotatable bonds is 4. The zero-order chi connectivity index (χ0) is 13.8. The summed E-state index contributed by atoms with van der Waals surface area (Å²) in [6.07, 6.45) is 3.22. The summed E-state index contributed by atoms with van der Waals surface area (Å²) in [5.41, 5.74) is 0.408. The van der Waals surface area contributed by atoms with E-state index < -0.39 is 0 Å². The van der Waals surface area contributed by atoms with Crippen LogP contribution >= 0.6 is 43.8 Å². The average molecular weight is 406 g/mol. The maximum Gasteiger partial charge on any atom is 0.219 e. The Morgan fingerprint density at radius 1 is 1.26 bits per heavy atom. The molecular formula is C12H10Br2N2O2S. The van der Waals surface area contributed by atoms with Gasteiger partial charge in [-0.05, 0) is 62.0 Å². The fourth-order valence-corrected chi connectivity index (χ4v) is 3.09. The molecule has 0 saturated carbocycles. The lowest BCUT2D eigenvalue weighted by Crippen LogP contribution is -2.07. The normalized spacial score (nSPS) is 10.3. The van der Waals surface area contributed by atoms with Crippen LogP contribution in [0.25, 0.3) is 0 Å². The van der Waals surface area contributed by atoms with Crippen molar-refractivity contribution in [2.45, 2.75) is 4.90 Å². The number of methoxy groups -OCH3 is 1. The summed E-state index contributed by atoms with van der Waals surface area (Å²) < 4.78 is 9.54. The third-order valence-corrected chi connectivity index (χ3v) is 4.32. The predicted molar refractivity (Wildman–Crippen MR) is 84.9 cm³/mol. The summed E-state index contributed by atoms with van der Waals surface area (Å²) in [7, 11) is 1.62. The summed E-state index contributed by atoms with van der Waals surface area (Å²) in [5.74, 6) is 0.768. The Labute approximate surface area is 131 Å². The van der Waals surface area contributed by atoms with E-state index in [0.29, 0.717) is 10.2 Å². The molecule has 0 aliphatic rings. The van der Waals surface area contributed by atoms with E-state index in [1.54, 1.807) is 19.5 Å². The lowest BCUT2D eigenvalue weighted by molar-refractivity contribution is 0.412. The van der Waals surface area contributed by atoms with E-state index in [2.05, 4.69) is 41.6 Å². The average Bonchev–Trinajstić information content (AvgIpc) is 2.40.